The van der Waals surface area contributed by atoms with Crippen LogP contribution in [0.15, 0.2) is 64.0 Å². The molecule has 0 saturated heterocycles. The molecule has 6 nitrogen and oxygen atoms in total. The summed E-state index contributed by atoms with van der Waals surface area (Å²) in [6.45, 7) is 0. The minimum Gasteiger partial charge on any atom is -0.334 e. The topological polar surface area (TPSA) is 99.1 Å². The lowest BCUT2D eigenvalue weighted by molar-refractivity contribution is 0.372. The number of sulfone groups is 1. The van der Waals surface area contributed by atoms with Gasteiger partial charge in [0.25, 0.3) is 5.89 Å². The van der Waals surface area contributed by atoms with Crippen LogP contribution in [-0.2, 0) is 21.1 Å². The summed E-state index contributed by atoms with van der Waals surface area (Å²) in [5.74, 6) is 0.845. The minimum atomic E-state index is -3.42. The molecule has 1 saturated carbocycles. The van der Waals surface area contributed by atoms with Gasteiger partial charge in [-0.25, -0.2) is 8.42 Å². The molecule has 1 fully saturated rings. The van der Waals surface area contributed by atoms with Crippen LogP contribution in [0.3, 0.4) is 0 Å². The van der Waals surface area contributed by atoms with E-state index in [1.807, 2.05) is 18.2 Å². The Hall–Kier alpha value is -2.51. The highest BCUT2D eigenvalue weighted by atomic mass is 32.2. The lowest BCUT2D eigenvalue weighted by atomic mass is 9.99. The van der Waals surface area contributed by atoms with Crippen molar-refractivity contribution in [3.63, 3.8) is 0 Å². The fraction of sp³-hybridized carbons (Fsp3) is 0.300. The summed E-state index contributed by atoms with van der Waals surface area (Å²) in [6, 6.07) is 15.7. The summed E-state index contributed by atoms with van der Waals surface area (Å²) in [7, 11) is -3.42. The number of nitrogens with two attached hydrogens (primary N) is 1. The SMILES string of the molecule is NC1(c2noc(-c3ccc(S(=O)(=O)Cc4ccccc4)cc3)n2)CCCC1. The summed E-state index contributed by atoms with van der Waals surface area (Å²) in [5, 5.41) is 4.04. The summed E-state index contributed by atoms with van der Waals surface area (Å²) in [5.41, 5.74) is 7.28. The van der Waals surface area contributed by atoms with Crippen LogP contribution in [0.25, 0.3) is 11.5 Å². The molecular formula is C20H21N3O3S. The summed E-state index contributed by atoms with van der Waals surface area (Å²) < 4.78 is 30.6. The molecule has 3 aromatic rings. The molecule has 7 heteroatoms. The monoisotopic (exact) mass is 383 g/mol. The first-order valence-corrected chi connectivity index (χ1v) is 10.6. The molecule has 1 aliphatic rings. The van der Waals surface area contributed by atoms with Crippen LogP contribution in [-0.4, -0.2) is 18.6 Å². The molecule has 0 bridgehead atoms. The number of benzene rings is 2. The van der Waals surface area contributed by atoms with Crippen molar-refractivity contribution in [2.45, 2.75) is 41.9 Å². The number of aromatic nitrogens is 2. The summed E-state index contributed by atoms with van der Waals surface area (Å²) >= 11 is 0. The molecule has 2 aromatic carbocycles. The van der Waals surface area contributed by atoms with Gasteiger partial charge in [0.05, 0.1) is 16.2 Å². The van der Waals surface area contributed by atoms with Crippen molar-refractivity contribution in [2.24, 2.45) is 5.73 Å². The van der Waals surface area contributed by atoms with Crippen LogP contribution in [0, 0.1) is 0 Å². The molecule has 2 N–H and O–H groups in total. The number of rotatable bonds is 5. The maximum atomic E-state index is 12.6. The van der Waals surface area contributed by atoms with E-state index in [0.717, 1.165) is 31.2 Å². The molecule has 0 spiro atoms. The largest absolute Gasteiger partial charge is 0.334 e. The van der Waals surface area contributed by atoms with Crippen LogP contribution in [0.5, 0.6) is 0 Å². The Balaban J connectivity index is 1.55. The lowest BCUT2D eigenvalue weighted by Gasteiger charge is -2.17. The molecule has 1 heterocycles. The molecule has 4 rings (SSSR count). The molecule has 0 atom stereocenters. The van der Waals surface area contributed by atoms with Gasteiger partial charge in [0.1, 0.15) is 0 Å². The Morgan fingerprint density at radius 3 is 2.33 bits per heavy atom. The molecule has 0 radical (unpaired) electrons. The van der Waals surface area contributed by atoms with Crippen molar-refractivity contribution in [3.05, 3.63) is 66.0 Å². The van der Waals surface area contributed by atoms with Gasteiger partial charge in [0, 0.05) is 5.56 Å². The molecule has 0 amide bonds. The molecule has 1 aromatic heterocycles. The van der Waals surface area contributed by atoms with Gasteiger partial charge in [-0.2, -0.15) is 4.98 Å². The highest BCUT2D eigenvalue weighted by Crippen LogP contribution is 2.35. The number of hydrogen-bond acceptors (Lipinski definition) is 6. The Bertz CT molecular complexity index is 1020. The van der Waals surface area contributed by atoms with E-state index in [1.165, 1.54) is 0 Å². The molecular weight excluding hydrogens is 362 g/mol. The van der Waals surface area contributed by atoms with Gasteiger partial charge >= 0.3 is 0 Å². The molecule has 0 unspecified atom stereocenters. The van der Waals surface area contributed by atoms with Crippen molar-refractivity contribution in [1.82, 2.24) is 10.1 Å². The maximum Gasteiger partial charge on any atom is 0.257 e. The second-order valence-corrected chi connectivity index (χ2v) is 9.05. The summed E-state index contributed by atoms with van der Waals surface area (Å²) in [6.07, 6.45) is 3.83. The minimum absolute atomic E-state index is 0.0341. The van der Waals surface area contributed by atoms with Crippen molar-refractivity contribution in [1.29, 1.82) is 0 Å². The molecule has 0 aliphatic heterocycles. The average Bonchev–Trinajstić information content (AvgIpc) is 3.33. The van der Waals surface area contributed by atoms with E-state index in [-0.39, 0.29) is 10.6 Å². The zero-order valence-electron chi connectivity index (χ0n) is 14.8. The van der Waals surface area contributed by atoms with E-state index in [9.17, 15) is 8.42 Å². The Kier molecular flexibility index (Phi) is 4.57. The molecule has 140 valence electrons. The first-order valence-electron chi connectivity index (χ1n) is 8.97. The molecule has 1 aliphatic carbocycles. The van der Waals surface area contributed by atoms with Crippen molar-refractivity contribution < 1.29 is 12.9 Å². The van der Waals surface area contributed by atoms with Crippen LogP contribution in [0.2, 0.25) is 0 Å². The Morgan fingerprint density at radius 1 is 1.00 bits per heavy atom. The van der Waals surface area contributed by atoms with E-state index < -0.39 is 15.4 Å². The predicted octanol–water partition coefficient (Wildman–Crippen LogP) is 3.44. The number of nitrogens with zero attached hydrogens (tertiary/aromatic N) is 2. The zero-order chi connectivity index (χ0) is 18.9. The smallest absolute Gasteiger partial charge is 0.257 e. The van der Waals surface area contributed by atoms with E-state index in [2.05, 4.69) is 10.1 Å². The van der Waals surface area contributed by atoms with E-state index in [0.29, 0.717) is 17.3 Å². The molecule has 27 heavy (non-hydrogen) atoms. The quantitative estimate of drug-likeness (QED) is 0.724. The van der Waals surface area contributed by atoms with E-state index >= 15 is 0 Å². The Labute approximate surface area is 158 Å². The summed E-state index contributed by atoms with van der Waals surface area (Å²) in [4.78, 5) is 4.71. The van der Waals surface area contributed by atoms with E-state index in [1.54, 1.807) is 36.4 Å². The normalized spacial score (nSPS) is 16.5. The fourth-order valence-electron chi connectivity index (χ4n) is 3.45. The predicted molar refractivity (Wildman–Crippen MR) is 101 cm³/mol. The highest BCUT2D eigenvalue weighted by Gasteiger charge is 2.36. The average molecular weight is 383 g/mol. The van der Waals surface area contributed by atoms with Crippen molar-refractivity contribution in [3.8, 4) is 11.5 Å². The van der Waals surface area contributed by atoms with Crippen LogP contribution in [0.1, 0.15) is 37.1 Å². The van der Waals surface area contributed by atoms with Crippen LogP contribution >= 0.6 is 0 Å². The third kappa shape index (κ3) is 3.65. The lowest BCUT2D eigenvalue weighted by Crippen LogP contribution is -2.34. The zero-order valence-corrected chi connectivity index (χ0v) is 15.7. The van der Waals surface area contributed by atoms with Crippen molar-refractivity contribution in [2.75, 3.05) is 0 Å². The van der Waals surface area contributed by atoms with Gasteiger partial charge in [-0.05, 0) is 42.7 Å². The number of hydrogen-bond donors (Lipinski definition) is 1. The van der Waals surface area contributed by atoms with Gasteiger partial charge in [0.2, 0.25) is 0 Å². The van der Waals surface area contributed by atoms with Crippen LogP contribution < -0.4 is 5.73 Å². The first-order chi connectivity index (χ1) is 13.0. The standard InChI is InChI=1S/C20H21N3O3S/c21-20(12-4-5-13-20)19-22-18(26-23-19)16-8-10-17(11-9-16)27(24,25)14-15-6-2-1-3-7-15/h1-3,6-11H,4-5,12-14,21H2. The van der Waals surface area contributed by atoms with Gasteiger partial charge < -0.3 is 10.3 Å². The first kappa shape index (κ1) is 17.9. The Morgan fingerprint density at radius 2 is 1.67 bits per heavy atom. The van der Waals surface area contributed by atoms with Crippen LogP contribution in [0.4, 0.5) is 0 Å². The highest BCUT2D eigenvalue weighted by molar-refractivity contribution is 7.90. The second-order valence-electron chi connectivity index (χ2n) is 7.06. The van der Waals surface area contributed by atoms with Gasteiger partial charge in [-0.3, -0.25) is 0 Å². The van der Waals surface area contributed by atoms with Gasteiger partial charge in [0.15, 0.2) is 15.7 Å². The fourth-order valence-corrected chi connectivity index (χ4v) is 4.80. The van der Waals surface area contributed by atoms with Crippen molar-refractivity contribution >= 4 is 9.84 Å². The third-order valence-electron chi connectivity index (χ3n) is 5.03. The second kappa shape index (κ2) is 6.90. The van der Waals surface area contributed by atoms with E-state index in [4.69, 9.17) is 10.3 Å². The third-order valence-corrected chi connectivity index (χ3v) is 6.73. The van der Waals surface area contributed by atoms with Gasteiger partial charge in [-0.15, -0.1) is 0 Å². The maximum absolute atomic E-state index is 12.6. The van der Waals surface area contributed by atoms with Gasteiger partial charge in [-0.1, -0.05) is 48.3 Å².